The first-order valence-electron chi connectivity index (χ1n) is 6.23. The topological polar surface area (TPSA) is 49.8 Å². The summed E-state index contributed by atoms with van der Waals surface area (Å²) in [6, 6.07) is -0.298. The lowest BCUT2D eigenvalue weighted by Crippen LogP contribution is -2.45. The highest BCUT2D eigenvalue weighted by Gasteiger charge is 2.28. The van der Waals surface area contributed by atoms with E-state index in [1.807, 2.05) is 13.8 Å². The zero-order valence-corrected chi connectivity index (χ0v) is 10.3. The third-order valence-electron chi connectivity index (χ3n) is 3.32. The molecule has 94 valence electrons. The number of hydrogen-bond acceptors (Lipinski definition) is 3. The van der Waals surface area contributed by atoms with Crippen molar-refractivity contribution in [3.63, 3.8) is 0 Å². The lowest BCUT2D eigenvalue weighted by atomic mass is 9.96. The molecule has 1 rings (SSSR count). The third kappa shape index (κ3) is 3.76. The molecule has 1 aliphatic heterocycles. The van der Waals surface area contributed by atoms with Gasteiger partial charge in [0.15, 0.2) is 0 Å². The number of carbonyl (C=O) groups is 1. The summed E-state index contributed by atoms with van der Waals surface area (Å²) < 4.78 is 5.41. The second-order valence-corrected chi connectivity index (χ2v) is 4.40. The summed E-state index contributed by atoms with van der Waals surface area (Å²) in [6.45, 7) is 7.32. The lowest BCUT2D eigenvalue weighted by Gasteiger charge is -2.35. The first-order chi connectivity index (χ1) is 7.69. The molecule has 0 saturated carbocycles. The molecule has 1 saturated heterocycles. The summed E-state index contributed by atoms with van der Waals surface area (Å²) in [5, 5.41) is 9.07. The molecular formula is C12H23NO3. The molecule has 0 radical (unpaired) electrons. The van der Waals surface area contributed by atoms with Crippen LogP contribution in [-0.4, -0.2) is 48.3 Å². The molecule has 0 amide bonds. The van der Waals surface area contributed by atoms with Crippen LogP contribution < -0.4 is 0 Å². The Morgan fingerprint density at radius 1 is 1.44 bits per heavy atom. The molecule has 0 aromatic rings. The normalized spacial score (nSPS) is 20.9. The van der Waals surface area contributed by atoms with Crippen molar-refractivity contribution >= 4 is 5.97 Å². The number of ether oxygens (including phenoxy) is 1. The molecule has 0 spiro atoms. The lowest BCUT2D eigenvalue weighted by molar-refractivity contribution is -0.144. The standard InChI is InChI=1S/C12H23NO3/c1-3-11(12(14)15)13-7-5-10(6-8-13)9-16-4-2/h10-11H,3-9H2,1-2H3,(H,14,15). The molecule has 4 heteroatoms. The number of carboxylic acids is 1. The van der Waals surface area contributed by atoms with E-state index in [9.17, 15) is 4.79 Å². The molecule has 1 heterocycles. The number of piperidine rings is 1. The van der Waals surface area contributed by atoms with E-state index >= 15 is 0 Å². The minimum atomic E-state index is -0.689. The van der Waals surface area contributed by atoms with E-state index in [1.165, 1.54) is 0 Å². The molecule has 1 N–H and O–H groups in total. The minimum Gasteiger partial charge on any atom is -0.480 e. The highest BCUT2D eigenvalue weighted by Crippen LogP contribution is 2.20. The van der Waals surface area contributed by atoms with E-state index in [4.69, 9.17) is 9.84 Å². The van der Waals surface area contributed by atoms with Crippen LogP contribution in [0.3, 0.4) is 0 Å². The van der Waals surface area contributed by atoms with Gasteiger partial charge < -0.3 is 9.84 Å². The van der Waals surface area contributed by atoms with E-state index in [0.29, 0.717) is 12.3 Å². The summed E-state index contributed by atoms with van der Waals surface area (Å²) in [6.07, 6.45) is 2.80. The fourth-order valence-corrected chi connectivity index (χ4v) is 2.30. The molecule has 0 bridgehead atoms. The van der Waals surface area contributed by atoms with Gasteiger partial charge in [-0.25, -0.2) is 0 Å². The molecule has 4 nitrogen and oxygen atoms in total. The van der Waals surface area contributed by atoms with Crippen LogP contribution >= 0.6 is 0 Å². The van der Waals surface area contributed by atoms with Gasteiger partial charge in [-0.1, -0.05) is 6.92 Å². The zero-order valence-electron chi connectivity index (χ0n) is 10.3. The van der Waals surface area contributed by atoms with Crippen molar-refractivity contribution in [2.45, 2.75) is 39.2 Å². The number of nitrogens with zero attached hydrogens (tertiary/aromatic N) is 1. The second kappa shape index (κ2) is 6.86. The molecule has 0 aliphatic carbocycles. The average Bonchev–Trinajstić information content (AvgIpc) is 2.28. The van der Waals surface area contributed by atoms with Gasteiger partial charge in [0.05, 0.1) is 0 Å². The SMILES string of the molecule is CCOCC1CCN(C(CC)C(=O)O)CC1. The van der Waals surface area contributed by atoms with Crippen molar-refractivity contribution < 1.29 is 14.6 Å². The van der Waals surface area contributed by atoms with Crippen LogP contribution in [0.2, 0.25) is 0 Å². The third-order valence-corrected chi connectivity index (χ3v) is 3.32. The van der Waals surface area contributed by atoms with Gasteiger partial charge in [0, 0.05) is 13.2 Å². The van der Waals surface area contributed by atoms with Gasteiger partial charge in [0.2, 0.25) is 0 Å². The van der Waals surface area contributed by atoms with Crippen LogP contribution in [0, 0.1) is 5.92 Å². The largest absolute Gasteiger partial charge is 0.480 e. The molecule has 0 aromatic heterocycles. The fourth-order valence-electron chi connectivity index (χ4n) is 2.30. The van der Waals surface area contributed by atoms with E-state index in [-0.39, 0.29) is 6.04 Å². The van der Waals surface area contributed by atoms with E-state index in [2.05, 4.69) is 4.90 Å². The zero-order chi connectivity index (χ0) is 12.0. The summed E-state index contributed by atoms with van der Waals surface area (Å²) in [4.78, 5) is 13.1. The molecule has 16 heavy (non-hydrogen) atoms. The van der Waals surface area contributed by atoms with Crippen LogP contribution in [0.4, 0.5) is 0 Å². The Bertz CT molecular complexity index is 212. The maximum absolute atomic E-state index is 11.0. The van der Waals surface area contributed by atoms with E-state index < -0.39 is 5.97 Å². The maximum Gasteiger partial charge on any atom is 0.320 e. The van der Waals surface area contributed by atoms with Crippen molar-refractivity contribution in [2.75, 3.05) is 26.3 Å². The van der Waals surface area contributed by atoms with Crippen LogP contribution in [-0.2, 0) is 9.53 Å². The predicted octanol–water partition coefficient (Wildman–Crippen LogP) is 1.60. The molecule has 1 unspecified atom stereocenters. The van der Waals surface area contributed by atoms with Gasteiger partial charge in [-0.05, 0) is 45.2 Å². The summed E-state index contributed by atoms with van der Waals surface area (Å²) in [5.74, 6) is -0.0757. The number of likely N-dealkylation sites (tertiary alicyclic amines) is 1. The highest BCUT2D eigenvalue weighted by molar-refractivity contribution is 5.73. The van der Waals surface area contributed by atoms with Gasteiger partial charge in [0.25, 0.3) is 0 Å². The van der Waals surface area contributed by atoms with Gasteiger partial charge in [-0.15, -0.1) is 0 Å². The fraction of sp³-hybridized carbons (Fsp3) is 0.917. The van der Waals surface area contributed by atoms with Crippen LogP contribution in [0.1, 0.15) is 33.1 Å². The molecule has 0 aromatic carbocycles. The Hall–Kier alpha value is -0.610. The number of carboxylic acid groups (broad SMARTS) is 1. The maximum atomic E-state index is 11.0. The van der Waals surface area contributed by atoms with Gasteiger partial charge in [-0.2, -0.15) is 0 Å². The van der Waals surface area contributed by atoms with Crippen molar-refractivity contribution in [1.82, 2.24) is 4.90 Å². The van der Waals surface area contributed by atoms with Gasteiger partial charge in [0.1, 0.15) is 6.04 Å². The first-order valence-corrected chi connectivity index (χ1v) is 6.23. The quantitative estimate of drug-likeness (QED) is 0.751. The number of rotatable bonds is 6. The Balaban J connectivity index is 2.33. The smallest absolute Gasteiger partial charge is 0.320 e. The van der Waals surface area contributed by atoms with Crippen molar-refractivity contribution in [1.29, 1.82) is 0 Å². The van der Waals surface area contributed by atoms with Crippen molar-refractivity contribution in [2.24, 2.45) is 5.92 Å². The van der Waals surface area contributed by atoms with Crippen molar-refractivity contribution in [3.05, 3.63) is 0 Å². The van der Waals surface area contributed by atoms with Gasteiger partial charge in [-0.3, -0.25) is 9.69 Å². The monoisotopic (exact) mass is 229 g/mol. The molecular weight excluding hydrogens is 206 g/mol. The highest BCUT2D eigenvalue weighted by atomic mass is 16.5. The predicted molar refractivity (Wildman–Crippen MR) is 62.5 cm³/mol. The molecule has 1 aliphatic rings. The first kappa shape index (κ1) is 13.5. The van der Waals surface area contributed by atoms with Crippen LogP contribution in [0.15, 0.2) is 0 Å². The van der Waals surface area contributed by atoms with Crippen LogP contribution in [0.25, 0.3) is 0 Å². The Kier molecular flexibility index (Phi) is 5.77. The van der Waals surface area contributed by atoms with E-state index in [0.717, 1.165) is 39.1 Å². The van der Waals surface area contributed by atoms with Crippen molar-refractivity contribution in [3.8, 4) is 0 Å². The molecule has 1 atom stereocenters. The summed E-state index contributed by atoms with van der Waals surface area (Å²) in [5.41, 5.74) is 0. The number of hydrogen-bond donors (Lipinski definition) is 1. The van der Waals surface area contributed by atoms with E-state index in [1.54, 1.807) is 0 Å². The Labute approximate surface area is 97.6 Å². The molecule has 1 fully saturated rings. The Morgan fingerprint density at radius 3 is 2.50 bits per heavy atom. The average molecular weight is 229 g/mol. The summed E-state index contributed by atoms with van der Waals surface area (Å²) >= 11 is 0. The van der Waals surface area contributed by atoms with Gasteiger partial charge >= 0.3 is 5.97 Å². The van der Waals surface area contributed by atoms with Crippen LogP contribution in [0.5, 0.6) is 0 Å². The summed E-state index contributed by atoms with van der Waals surface area (Å²) in [7, 11) is 0. The minimum absolute atomic E-state index is 0.298. The number of aliphatic carboxylic acids is 1. The second-order valence-electron chi connectivity index (χ2n) is 4.40. The Morgan fingerprint density at radius 2 is 2.06 bits per heavy atom.